The van der Waals surface area contributed by atoms with Crippen LogP contribution in [0, 0.1) is 17.7 Å². The van der Waals surface area contributed by atoms with Crippen LogP contribution in [-0.2, 0) is 20.4 Å². The zero-order chi connectivity index (χ0) is 27.4. The average Bonchev–Trinajstić information content (AvgIpc) is 2.83. The number of rotatable bonds is 9. The molecule has 2 aliphatic rings. The van der Waals surface area contributed by atoms with Crippen LogP contribution < -0.4 is 16.0 Å². The lowest BCUT2D eigenvalue weighted by Crippen LogP contribution is -2.43. The molecule has 0 aromatic heterocycles. The van der Waals surface area contributed by atoms with Crippen molar-refractivity contribution in [3.63, 3.8) is 0 Å². The Morgan fingerprint density at radius 3 is 2.58 bits per heavy atom. The van der Waals surface area contributed by atoms with E-state index >= 15 is 0 Å². The van der Waals surface area contributed by atoms with Crippen molar-refractivity contribution in [2.45, 2.75) is 38.5 Å². The highest BCUT2D eigenvalue weighted by Crippen LogP contribution is 2.29. The first kappa shape index (κ1) is 28.3. The summed E-state index contributed by atoms with van der Waals surface area (Å²) in [5, 5.41) is 8.61. The summed E-state index contributed by atoms with van der Waals surface area (Å²) in [4.78, 5) is 27.8. The quantitative estimate of drug-likeness (QED) is 0.398. The van der Waals surface area contributed by atoms with Gasteiger partial charge in [0.05, 0.1) is 22.9 Å². The second-order valence-electron chi connectivity index (χ2n) is 10.6. The molecule has 0 bridgehead atoms. The minimum Gasteiger partial charge on any atom is -0.371 e. The van der Waals surface area contributed by atoms with Gasteiger partial charge in [-0.15, -0.1) is 0 Å². The third kappa shape index (κ3) is 7.45. The number of halogens is 2. The number of hydrogen-bond donors (Lipinski definition) is 3. The van der Waals surface area contributed by atoms with E-state index < -0.39 is 39.1 Å². The Hall–Kier alpha value is -2.69. The number of amides is 2. The number of hydrogen-bond acceptors (Lipinski definition) is 6. The standard InChI is InChI=1S/C27H34ClFN4O4S/c1-17-10-18(2)14-33(13-17)9-3-8-30-26(34)19-5-7-23-24(11-19)32-27(35)25(31-23)16-38(36,37)15-20-4-6-21(29)12-22(20)28/h4-7,11-12,17-18,25,31H,3,8-10,13-16H2,1-2H3,(H,30,34)(H,32,35)/t17-,18+,25-/m1/s1. The van der Waals surface area contributed by atoms with Gasteiger partial charge in [0.15, 0.2) is 9.84 Å². The van der Waals surface area contributed by atoms with Gasteiger partial charge in [-0.3, -0.25) is 9.59 Å². The molecule has 3 atom stereocenters. The van der Waals surface area contributed by atoms with Gasteiger partial charge in [-0.1, -0.05) is 31.5 Å². The summed E-state index contributed by atoms with van der Waals surface area (Å²) in [5.41, 5.74) is 1.60. The normalized spacial score (nSPS) is 21.8. The van der Waals surface area contributed by atoms with E-state index in [0.29, 0.717) is 35.3 Å². The van der Waals surface area contributed by atoms with E-state index in [1.165, 1.54) is 12.5 Å². The number of piperidine rings is 1. The highest BCUT2D eigenvalue weighted by molar-refractivity contribution is 7.90. The number of nitrogens with zero attached hydrogens (tertiary/aromatic N) is 1. The number of carbonyl (C=O) groups excluding carboxylic acids is 2. The van der Waals surface area contributed by atoms with E-state index in [9.17, 15) is 22.4 Å². The van der Waals surface area contributed by atoms with Crippen molar-refractivity contribution in [1.82, 2.24) is 10.2 Å². The van der Waals surface area contributed by atoms with Crippen molar-refractivity contribution in [2.24, 2.45) is 11.8 Å². The largest absolute Gasteiger partial charge is 0.371 e. The summed E-state index contributed by atoms with van der Waals surface area (Å²) >= 11 is 5.97. The third-order valence-electron chi connectivity index (χ3n) is 6.88. The van der Waals surface area contributed by atoms with E-state index in [0.717, 1.165) is 38.2 Å². The molecule has 1 fully saturated rings. The fraction of sp³-hybridized carbons (Fsp3) is 0.481. The minimum absolute atomic E-state index is 0.0153. The third-order valence-corrected chi connectivity index (χ3v) is 8.82. The molecule has 11 heteroatoms. The van der Waals surface area contributed by atoms with Crippen molar-refractivity contribution >= 4 is 44.6 Å². The molecule has 8 nitrogen and oxygen atoms in total. The van der Waals surface area contributed by atoms with Crippen molar-refractivity contribution in [3.05, 3.63) is 58.4 Å². The Labute approximate surface area is 228 Å². The van der Waals surface area contributed by atoms with Crippen molar-refractivity contribution in [2.75, 3.05) is 42.6 Å². The van der Waals surface area contributed by atoms with Crippen molar-refractivity contribution in [1.29, 1.82) is 0 Å². The second-order valence-corrected chi connectivity index (χ2v) is 13.1. The molecule has 38 heavy (non-hydrogen) atoms. The molecule has 206 valence electrons. The van der Waals surface area contributed by atoms with Gasteiger partial charge < -0.3 is 20.9 Å². The van der Waals surface area contributed by atoms with Crippen LogP contribution >= 0.6 is 11.6 Å². The molecule has 1 saturated heterocycles. The summed E-state index contributed by atoms with van der Waals surface area (Å²) < 4.78 is 38.7. The summed E-state index contributed by atoms with van der Waals surface area (Å²) in [7, 11) is -3.75. The molecule has 2 aromatic rings. The van der Waals surface area contributed by atoms with Crippen LogP contribution in [0.2, 0.25) is 5.02 Å². The first-order chi connectivity index (χ1) is 18.0. The summed E-state index contributed by atoms with van der Waals surface area (Å²) in [5.74, 6) is -0.809. The number of sulfone groups is 1. The number of anilines is 2. The van der Waals surface area contributed by atoms with Gasteiger partial charge in [0, 0.05) is 30.2 Å². The van der Waals surface area contributed by atoms with Gasteiger partial charge >= 0.3 is 0 Å². The number of fused-ring (bicyclic) bond motifs is 1. The van der Waals surface area contributed by atoms with Gasteiger partial charge in [-0.05, 0) is 67.1 Å². The van der Waals surface area contributed by atoms with Gasteiger partial charge in [0.2, 0.25) is 5.91 Å². The first-order valence-corrected chi connectivity index (χ1v) is 15.1. The lowest BCUT2D eigenvalue weighted by Gasteiger charge is -2.34. The van der Waals surface area contributed by atoms with Crippen LogP contribution in [-0.4, -0.2) is 63.1 Å². The minimum atomic E-state index is -3.75. The number of nitrogens with one attached hydrogen (secondary N) is 3. The maximum absolute atomic E-state index is 13.3. The smallest absolute Gasteiger partial charge is 0.251 e. The number of likely N-dealkylation sites (tertiary alicyclic amines) is 1. The van der Waals surface area contributed by atoms with Crippen LogP contribution in [0.3, 0.4) is 0 Å². The molecule has 2 heterocycles. The van der Waals surface area contributed by atoms with Crippen molar-refractivity contribution < 1.29 is 22.4 Å². The van der Waals surface area contributed by atoms with E-state index in [2.05, 4.69) is 34.7 Å². The molecule has 0 unspecified atom stereocenters. The number of benzene rings is 2. The van der Waals surface area contributed by atoms with E-state index in [-0.39, 0.29) is 16.5 Å². The van der Waals surface area contributed by atoms with Gasteiger partial charge in [0.1, 0.15) is 11.9 Å². The van der Waals surface area contributed by atoms with Crippen molar-refractivity contribution in [3.8, 4) is 0 Å². The Balaban J connectivity index is 1.30. The Morgan fingerprint density at radius 2 is 1.87 bits per heavy atom. The van der Waals surface area contributed by atoms with E-state index in [4.69, 9.17) is 11.6 Å². The molecule has 0 saturated carbocycles. The molecular weight excluding hydrogens is 531 g/mol. The fourth-order valence-electron chi connectivity index (χ4n) is 5.28. The summed E-state index contributed by atoms with van der Waals surface area (Å²) in [6, 6.07) is 7.35. The Bertz CT molecular complexity index is 1300. The molecule has 0 radical (unpaired) electrons. The molecule has 2 amide bonds. The summed E-state index contributed by atoms with van der Waals surface area (Å²) in [6.45, 7) is 8.24. The highest BCUT2D eigenvalue weighted by Gasteiger charge is 2.31. The van der Waals surface area contributed by atoms with Crippen LogP contribution in [0.1, 0.15) is 42.6 Å². The average molecular weight is 565 g/mol. The predicted octanol–water partition coefficient (Wildman–Crippen LogP) is 3.92. The predicted molar refractivity (Wildman–Crippen MR) is 148 cm³/mol. The molecule has 0 aliphatic carbocycles. The molecule has 4 rings (SSSR count). The topological polar surface area (TPSA) is 108 Å². The van der Waals surface area contributed by atoms with Crippen LogP contribution in [0.4, 0.5) is 15.8 Å². The zero-order valence-corrected chi connectivity index (χ0v) is 23.2. The van der Waals surface area contributed by atoms with Gasteiger partial charge in [0.25, 0.3) is 5.91 Å². The van der Waals surface area contributed by atoms with Crippen LogP contribution in [0.25, 0.3) is 0 Å². The Morgan fingerprint density at radius 1 is 1.13 bits per heavy atom. The first-order valence-electron chi connectivity index (χ1n) is 12.9. The zero-order valence-electron chi connectivity index (χ0n) is 21.6. The lowest BCUT2D eigenvalue weighted by molar-refractivity contribution is -0.116. The SMILES string of the molecule is C[C@@H]1C[C@H](C)CN(CCCNC(=O)c2ccc3c(c2)NC(=O)[C@@H](CS(=O)(=O)Cc2ccc(F)cc2Cl)N3)C1. The molecule has 2 aliphatic heterocycles. The molecule has 2 aromatic carbocycles. The number of carbonyl (C=O) groups is 2. The van der Waals surface area contributed by atoms with E-state index in [1.807, 2.05) is 0 Å². The van der Waals surface area contributed by atoms with Gasteiger partial charge in [-0.25, -0.2) is 12.8 Å². The highest BCUT2D eigenvalue weighted by atomic mass is 35.5. The molecule has 3 N–H and O–H groups in total. The lowest BCUT2D eigenvalue weighted by atomic mass is 9.92. The summed E-state index contributed by atoms with van der Waals surface area (Å²) in [6.07, 6.45) is 2.12. The Kier molecular flexibility index (Phi) is 8.95. The molecule has 0 spiro atoms. The van der Waals surface area contributed by atoms with Gasteiger partial charge in [-0.2, -0.15) is 0 Å². The maximum atomic E-state index is 13.3. The van der Waals surface area contributed by atoms with E-state index in [1.54, 1.807) is 18.2 Å². The second kappa shape index (κ2) is 12.0. The fourth-order valence-corrected chi connectivity index (χ4v) is 7.17. The van der Waals surface area contributed by atoms with Crippen LogP contribution in [0.15, 0.2) is 36.4 Å². The van der Waals surface area contributed by atoms with Crippen LogP contribution in [0.5, 0.6) is 0 Å². The monoisotopic (exact) mass is 564 g/mol. The maximum Gasteiger partial charge on any atom is 0.251 e. The molecular formula is C27H34ClFN4O4S.